The average molecular weight is 434 g/mol. The van der Waals surface area contributed by atoms with E-state index in [1.165, 1.54) is 6.92 Å². The van der Waals surface area contributed by atoms with Gasteiger partial charge in [0.15, 0.2) is 24.6 Å². The van der Waals surface area contributed by atoms with Gasteiger partial charge in [0.05, 0.1) is 13.2 Å². The molecule has 0 aromatic heterocycles. The molecule has 0 amide bonds. The third-order valence-electron chi connectivity index (χ3n) is 4.24. The molecule has 0 radical (unpaired) electrons. The topological polar surface area (TPSA) is 156 Å². The van der Waals surface area contributed by atoms with Crippen molar-refractivity contribution in [3.63, 3.8) is 0 Å². The standard InChI is InChI=1S/C18H26O12/c1-8(20)24-7-14-15(26-9(2)21)16(27-10(3)22)17(28-11(4)23)18(30-14)25-6-13-12(5-19)29-13/h12-19H,5-7H2,1-4H3/t12-,13+,14-,15-,16+,17-,18-/m1/s1. The van der Waals surface area contributed by atoms with Gasteiger partial charge in [-0.1, -0.05) is 0 Å². The fourth-order valence-electron chi connectivity index (χ4n) is 3.00. The van der Waals surface area contributed by atoms with E-state index < -0.39 is 54.6 Å². The Morgan fingerprint density at radius 3 is 1.77 bits per heavy atom. The molecule has 1 N–H and O–H groups in total. The number of carbonyl (C=O) groups is 4. The molecule has 0 aromatic carbocycles. The fraction of sp³-hybridized carbons (Fsp3) is 0.778. The van der Waals surface area contributed by atoms with Crippen LogP contribution in [-0.4, -0.2) is 91.7 Å². The van der Waals surface area contributed by atoms with Crippen molar-refractivity contribution in [3.05, 3.63) is 0 Å². The van der Waals surface area contributed by atoms with E-state index in [9.17, 15) is 19.2 Å². The molecule has 2 rings (SSSR count). The number of hydrogen-bond acceptors (Lipinski definition) is 12. The van der Waals surface area contributed by atoms with Gasteiger partial charge >= 0.3 is 23.9 Å². The van der Waals surface area contributed by atoms with Crippen LogP contribution in [0.2, 0.25) is 0 Å². The molecule has 2 fully saturated rings. The lowest BCUT2D eigenvalue weighted by Crippen LogP contribution is -2.63. The number of ether oxygens (including phenoxy) is 7. The highest BCUT2D eigenvalue weighted by Crippen LogP contribution is 2.31. The normalized spacial score (nSPS) is 32.6. The van der Waals surface area contributed by atoms with Crippen molar-refractivity contribution < 1.29 is 57.4 Å². The molecule has 0 unspecified atom stereocenters. The summed E-state index contributed by atoms with van der Waals surface area (Å²) in [6.45, 7) is 4.05. The average Bonchev–Trinajstić information content (AvgIpc) is 3.40. The summed E-state index contributed by atoms with van der Waals surface area (Å²) >= 11 is 0. The van der Waals surface area contributed by atoms with E-state index in [1.54, 1.807) is 0 Å². The minimum atomic E-state index is -1.29. The van der Waals surface area contributed by atoms with Gasteiger partial charge in [-0.25, -0.2) is 0 Å². The van der Waals surface area contributed by atoms with E-state index in [-0.39, 0.29) is 32.0 Å². The highest BCUT2D eigenvalue weighted by molar-refractivity contribution is 5.68. The molecule has 0 aromatic rings. The van der Waals surface area contributed by atoms with E-state index in [1.807, 2.05) is 0 Å². The molecular formula is C18H26O12. The van der Waals surface area contributed by atoms with Gasteiger partial charge in [-0.3, -0.25) is 19.2 Å². The number of aliphatic hydroxyl groups is 1. The molecule has 7 atom stereocenters. The van der Waals surface area contributed by atoms with E-state index in [0.717, 1.165) is 20.8 Å². The first kappa shape index (κ1) is 24.0. The summed E-state index contributed by atoms with van der Waals surface area (Å²) in [7, 11) is 0. The van der Waals surface area contributed by atoms with Crippen LogP contribution in [0.5, 0.6) is 0 Å². The number of epoxide rings is 1. The van der Waals surface area contributed by atoms with Crippen molar-refractivity contribution >= 4 is 23.9 Å². The van der Waals surface area contributed by atoms with Gasteiger partial charge in [0.2, 0.25) is 0 Å². The van der Waals surface area contributed by atoms with Crippen LogP contribution in [0.1, 0.15) is 27.7 Å². The maximum atomic E-state index is 11.7. The number of hydrogen-bond donors (Lipinski definition) is 1. The van der Waals surface area contributed by atoms with Crippen molar-refractivity contribution in [2.24, 2.45) is 0 Å². The van der Waals surface area contributed by atoms with Crippen LogP contribution in [0.3, 0.4) is 0 Å². The number of aliphatic hydroxyl groups excluding tert-OH is 1. The van der Waals surface area contributed by atoms with Crippen LogP contribution in [0.4, 0.5) is 0 Å². The lowest BCUT2D eigenvalue weighted by molar-refractivity contribution is -0.308. The molecule has 0 spiro atoms. The van der Waals surface area contributed by atoms with Gasteiger partial charge < -0.3 is 38.3 Å². The Morgan fingerprint density at radius 2 is 1.27 bits per heavy atom. The number of carbonyl (C=O) groups excluding carboxylic acids is 4. The second-order valence-electron chi connectivity index (χ2n) is 6.80. The molecule has 2 aliphatic rings. The van der Waals surface area contributed by atoms with Crippen LogP contribution in [0.25, 0.3) is 0 Å². The van der Waals surface area contributed by atoms with Crippen LogP contribution in [-0.2, 0) is 52.3 Å². The Bertz CT molecular complexity index is 649. The lowest BCUT2D eigenvalue weighted by Gasteiger charge is -2.44. The van der Waals surface area contributed by atoms with Crippen molar-refractivity contribution in [3.8, 4) is 0 Å². The lowest BCUT2D eigenvalue weighted by atomic mass is 9.98. The molecule has 0 aliphatic carbocycles. The third-order valence-corrected chi connectivity index (χ3v) is 4.24. The highest BCUT2D eigenvalue weighted by atomic mass is 16.7. The maximum absolute atomic E-state index is 11.7. The zero-order valence-electron chi connectivity index (χ0n) is 17.1. The second kappa shape index (κ2) is 10.7. The summed E-state index contributed by atoms with van der Waals surface area (Å²) in [6.07, 6.45) is -6.91. The molecule has 0 bridgehead atoms. The summed E-state index contributed by atoms with van der Waals surface area (Å²) in [5.41, 5.74) is 0. The van der Waals surface area contributed by atoms with Gasteiger partial charge in [0.1, 0.15) is 24.9 Å². The molecule has 2 saturated heterocycles. The molecule has 12 heteroatoms. The Balaban J connectivity index is 2.27. The quantitative estimate of drug-likeness (QED) is 0.264. The molecule has 30 heavy (non-hydrogen) atoms. The predicted molar refractivity (Wildman–Crippen MR) is 93.7 cm³/mol. The molecule has 0 saturated carbocycles. The Kier molecular flexibility index (Phi) is 8.53. The largest absolute Gasteiger partial charge is 0.463 e. The third kappa shape index (κ3) is 6.90. The fourth-order valence-corrected chi connectivity index (χ4v) is 3.00. The van der Waals surface area contributed by atoms with E-state index in [2.05, 4.69) is 0 Å². The van der Waals surface area contributed by atoms with Crippen molar-refractivity contribution in [2.45, 2.75) is 70.6 Å². The number of rotatable bonds is 9. The Morgan fingerprint density at radius 1 is 0.700 bits per heavy atom. The van der Waals surface area contributed by atoms with Gasteiger partial charge in [-0.05, 0) is 0 Å². The predicted octanol–water partition coefficient (Wildman–Crippen LogP) is -1.15. The van der Waals surface area contributed by atoms with Gasteiger partial charge in [0, 0.05) is 27.7 Å². The first-order chi connectivity index (χ1) is 14.1. The highest BCUT2D eigenvalue weighted by Gasteiger charge is 2.53. The smallest absolute Gasteiger partial charge is 0.303 e. The van der Waals surface area contributed by atoms with Crippen LogP contribution in [0, 0.1) is 0 Å². The molecule has 12 nitrogen and oxygen atoms in total. The maximum Gasteiger partial charge on any atom is 0.303 e. The summed E-state index contributed by atoms with van der Waals surface area (Å²) in [5, 5.41) is 9.07. The van der Waals surface area contributed by atoms with Crippen molar-refractivity contribution in [1.82, 2.24) is 0 Å². The molecule has 2 heterocycles. The van der Waals surface area contributed by atoms with E-state index in [0.29, 0.717) is 0 Å². The summed E-state index contributed by atoms with van der Waals surface area (Å²) in [4.78, 5) is 46.2. The number of esters is 4. The zero-order valence-corrected chi connectivity index (χ0v) is 17.1. The second-order valence-corrected chi connectivity index (χ2v) is 6.80. The van der Waals surface area contributed by atoms with Crippen LogP contribution in [0.15, 0.2) is 0 Å². The molecule has 170 valence electrons. The Labute approximate surface area is 172 Å². The van der Waals surface area contributed by atoms with Crippen molar-refractivity contribution in [1.29, 1.82) is 0 Å². The van der Waals surface area contributed by atoms with Crippen LogP contribution >= 0.6 is 0 Å². The van der Waals surface area contributed by atoms with Gasteiger partial charge in [-0.15, -0.1) is 0 Å². The summed E-state index contributed by atoms with van der Waals surface area (Å²) < 4.78 is 37.3. The molecular weight excluding hydrogens is 408 g/mol. The SMILES string of the molecule is CC(=O)OC[C@H]1O[C@@H](OC[C@@H]2O[C@@H]2CO)[C@H](OC(C)=O)[C@@H](OC(C)=O)[C@@H]1OC(C)=O. The van der Waals surface area contributed by atoms with Crippen molar-refractivity contribution in [2.75, 3.05) is 19.8 Å². The molecule has 2 aliphatic heterocycles. The van der Waals surface area contributed by atoms with Gasteiger partial charge in [-0.2, -0.15) is 0 Å². The zero-order chi connectivity index (χ0) is 22.4. The summed E-state index contributed by atoms with van der Waals surface area (Å²) in [5.74, 6) is -2.77. The minimum absolute atomic E-state index is 0.0149. The van der Waals surface area contributed by atoms with Crippen LogP contribution < -0.4 is 0 Å². The van der Waals surface area contributed by atoms with E-state index in [4.69, 9.17) is 38.3 Å². The summed E-state index contributed by atoms with van der Waals surface area (Å²) in [6, 6.07) is 0. The first-order valence-electron chi connectivity index (χ1n) is 9.30. The first-order valence-corrected chi connectivity index (χ1v) is 9.30. The Hall–Kier alpha value is -2.28. The van der Waals surface area contributed by atoms with Gasteiger partial charge in [0.25, 0.3) is 0 Å². The van der Waals surface area contributed by atoms with E-state index >= 15 is 0 Å². The minimum Gasteiger partial charge on any atom is -0.463 e. The monoisotopic (exact) mass is 434 g/mol.